The third-order valence-electron chi connectivity index (χ3n) is 3.41. The SMILES string of the molecule is C[C@H]1CC(NCCc2ccccn2)c2ccsc2S1. The van der Waals surface area contributed by atoms with Gasteiger partial charge in [-0.15, -0.1) is 23.1 Å². The molecule has 0 amide bonds. The number of rotatable bonds is 4. The standard InChI is InChI=1S/C15H18N2S2/c1-11-10-14(13-6-9-18-15(13)19-11)17-8-5-12-4-2-3-7-16-12/h2-4,6-7,9,11,14,17H,5,8,10H2,1H3/t11-,14?/m0/s1. The lowest BCUT2D eigenvalue weighted by Crippen LogP contribution is -2.28. The molecule has 1 aliphatic rings. The largest absolute Gasteiger partial charge is 0.309 e. The Bertz CT molecular complexity index is 524. The van der Waals surface area contributed by atoms with Crippen molar-refractivity contribution in [2.75, 3.05) is 6.54 Å². The molecule has 0 bridgehead atoms. The van der Waals surface area contributed by atoms with Crippen molar-refractivity contribution in [2.24, 2.45) is 0 Å². The number of thioether (sulfide) groups is 1. The van der Waals surface area contributed by atoms with E-state index in [9.17, 15) is 0 Å². The first-order valence-electron chi connectivity index (χ1n) is 6.70. The van der Waals surface area contributed by atoms with Gasteiger partial charge in [0.25, 0.3) is 0 Å². The van der Waals surface area contributed by atoms with E-state index in [1.807, 2.05) is 35.4 Å². The zero-order valence-electron chi connectivity index (χ0n) is 11.0. The molecule has 0 aliphatic carbocycles. The Hall–Kier alpha value is -0.840. The number of nitrogens with one attached hydrogen (secondary N) is 1. The Morgan fingerprint density at radius 1 is 1.37 bits per heavy atom. The maximum absolute atomic E-state index is 4.37. The zero-order valence-corrected chi connectivity index (χ0v) is 12.6. The summed E-state index contributed by atoms with van der Waals surface area (Å²) in [4.78, 5) is 4.37. The lowest BCUT2D eigenvalue weighted by Gasteiger charge is -2.27. The predicted molar refractivity (Wildman–Crippen MR) is 82.9 cm³/mol. The maximum Gasteiger partial charge on any atom is 0.0649 e. The van der Waals surface area contributed by atoms with Crippen molar-refractivity contribution < 1.29 is 0 Å². The van der Waals surface area contributed by atoms with E-state index in [1.165, 1.54) is 21.9 Å². The van der Waals surface area contributed by atoms with Gasteiger partial charge in [-0.3, -0.25) is 4.98 Å². The minimum atomic E-state index is 0.515. The Balaban J connectivity index is 1.59. The van der Waals surface area contributed by atoms with Crippen molar-refractivity contribution in [2.45, 2.75) is 35.3 Å². The first-order valence-corrected chi connectivity index (χ1v) is 8.46. The van der Waals surface area contributed by atoms with Gasteiger partial charge in [0, 0.05) is 36.1 Å². The Morgan fingerprint density at radius 3 is 3.16 bits per heavy atom. The molecule has 100 valence electrons. The topological polar surface area (TPSA) is 24.9 Å². The van der Waals surface area contributed by atoms with E-state index >= 15 is 0 Å². The summed E-state index contributed by atoms with van der Waals surface area (Å²) < 4.78 is 1.49. The highest BCUT2D eigenvalue weighted by Gasteiger charge is 2.25. The molecule has 19 heavy (non-hydrogen) atoms. The molecular weight excluding hydrogens is 272 g/mol. The molecule has 1 aliphatic heterocycles. The summed E-state index contributed by atoms with van der Waals surface area (Å²) in [6, 6.07) is 8.91. The Morgan fingerprint density at radius 2 is 2.32 bits per heavy atom. The highest BCUT2D eigenvalue weighted by molar-refractivity contribution is 8.01. The van der Waals surface area contributed by atoms with Crippen LogP contribution in [-0.2, 0) is 6.42 Å². The average molecular weight is 290 g/mol. The molecule has 1 N–H and O–H groups in total. The molecule has 4 heteroatoms. The Kier molecular flexibility index (Phi) is 4.21. The third kappa shape index (κ3) is 3.19. The summed E-state index contributed by atoms with van der Waals surface area (Å²) in [5.41, 5.74) is 2.66. The molecule has 0 saturated carbocycles. The molecule has 2 aromatic rings. The lowest BCUT2D eigenvalue weighted by molar-refractivity contribution is 0.491. The maximum atomic E-state index is 4.37. The van der Waals surface area contributed by atoms with Crippen LogP contribution in [0.3, 0.4) is 0 Å². The summed E-state index contributed by atoms with van der Waals surface area (Å²) in [6.45, 7) is 3.31. The number of fused-ring (bicyclic) bond motifs is 1. The summed E-state index contributed by atoms with van der Waals surface area (Å²) in [5, 5.41) is 6.61. The van der Waals surface area contributed by atoms with Crippen LogP contribution < -0.4 is 5.32 Å². The van der Waals surface area contributed by atoms with Gasteiger partial charge in [-0.05, 0) is 35.6 Å². The van der Waals surface area contributed by atoms with Crippen LogP contribution in [0.4, 0.5) is 0 Å². The molecule has 2 atom stereocenters. The van der Waals surface area contributed by atoms with Crippen LogP contribution in [0.25, 0.3) is 0 Å². The van der Waals surface area contributed by atoms with E-state index in [-0.39, 0.29) is 0 Å². The van der Waals surface area contributed by atoms with Crippen LogP contribution in [0.15, 0.2) is 40.1 Å². The van der Waals surface area contributed by atoms with Crippen LogP contribution in [0.2, 0.25) is 0 Å². The normalized spacial score (nSPS) is 22.2. The van der Waals surface area contributed by atoms with Gasteiger partial charge < -0.3 is 5.32 Å². The minimum absolute atomic E-state index is 0.515. The number of aromatic nitrogens is 1. The number of nitrogens with zero attached hydrogens (tertiary/aromatic N) is 1. The molecule has 0 aromatic carbocycles. The van der Waals surface area contributed by atoms with Crippen molar-refractivity contribution in [3.63, 3.8) is 0 Å². The van der Waals surface area contributed by atoms with E-state index in [0.717, 1.165) is 13.0 Å². The number of hydrogen-bond acceptors (Lipinski definition) is 4. The van der Waals surface area contributed by atoms with Crippen molar-refractivity contribution in [1.29, 1.82) is 0 Å². The molecule has 3 rings (SSSR count). The van der Waals surface area contributed by atoms with Gasteiger partial charge in [0.05, 0.1) is 4.21 Å². The minimum Gasteiger partial charge on any atom is -0.309 e. The number of pyridine rings is 1. The highest BCUT2D eigenvalue weighted by atomic mass is 32.2. The van der Waals surface area contributed by atoms with Crippen molar-refractivity contribution >= 4 is 23.1 Å². The van der Waals surface area contributed by atoms with Gasteiger partial charge in [-0.2, -0.15) is 0 Å². The summed E-state index contributed by atoms with van der Waals surface area (Å²) in [7, 11) is 0. The van der Waals surface area contributed by atoms with Gasteiger partial charge in [0.15, 0.2) is 0 Å². The molecule has 0 fully saturated rings. The summed E-state index contributed by atoms with van der Waals surface area (Å²) >= 11 is 3.89. The van der Waals surface area contributed by atoms with Crippen molar-refractivity contribution in [3.8, 4) is 0 Å². The molecular formula is C15H18N2S2. The molecule has 2 aromatic heterocycles. The number of hydrogen-bond donors (Lipinski definition) is 1. The van der Waals surface area contributed by atoms with E-state index in [4.69, 9.17) is 0 Å². The summed E-state index contributed by atoms with van der Waals surface area (Å²) in [6.07, 6.45) is 4.08. The monoisotopic (exact) mass is 290 g/mol. The molecule has 0 spiro atoms. The van der Waals surface area contributed by atoms with Crippen molar-refractivity contribution in [3.05, 3.63) is 47.1 Å². The zero-order chi connectivity index (χ0) is 13.1. The second-order valence-electron chi connectivity index (χ2n) is 4.91. The predicted octanol–water partition coefficient (Wildman–Crippen LogP) is 3.90. The molecule has 3 heterocycles. The first-order chi connectivity index (χ1) is 9.33. The molecule has 0 radical (unpaired) electrons. The van der Waals surface area contributed by atoms with Crippen molar-refractivity contribution in [1.82, 2.24) is 10.3 Å². The van der Waals surface area contributed by atoms with E-state index < -0.39 is 0 Å². The van der Waals surface area contributed by atoms with E-state index in [1.54, 1.807) is 0 Å². The molecule has 2 nitrogen and oxygen atoms in total. The van der Waals surface area contributed by atoms with Gasteiger partial charge >= 0.3 is 0 Å². The van der Waals surface area contributed by atoms with Crippen LogP contribution in [-0.4, -0.2) is 16.8 Å². The third-order valence-corrected chi connectivity index (χ3v) is 5.75. The van der Waals surface area contributed by atoms with Gasteiger partial charge in [0.1, 0.15) is 0 Å². The van der Waals surface area contributed by atoms with Crippen LogP contribution >= 0.6 is 23.1 Å². The average Bonchev–Trinajstić information content (AvgIpc) is 2.88. The fourth-order valence-corrected chi connectivity index (χ4v) is 5.03. The summed E-state index contributed by atoms with van der Waals surface area (Å²) in [5.74, 6) is 0. The van der Waals surface area contributed by atoms with Gasteiger partial charge in [0.2, 0.25) is 0 Å². The van der Waals surface area contributed by atoms with Crippen LogP contribution in [0, 0.1) is 0 Å². The fourth-order valence-electron chi connectivity index (χ4n) is 2.46. The smallest absolute Gasteiger partial charge is 0.0649 e. The van der Waals surface area contributed by atoms with Gasteiger partial charge in [-0.25, -0.2) is 0 Å². The first kappa shape index (κ1) is 13.2. The van der Waals surface area contributed by atoms with Crippen LogP contribution in [0.5, 0.6) is 0 Å². The second-order valence-corrected chi connectivity index (χ2v) is 7.53. The second kappa shape index (κ2) is 6.07. The van der Waals surface area contributed by atoms with Gasteiger partial charge in [-0.1, -0.05) is 13.0 Å². The number of thiophene rings is 1. The van der Waals surface area contributed by atoms with Crippen LogP contribution in [0.1, 0.15) is 30.6 Å². The van der Waals surface area contributed by atoms with E-state index in [0.29, 0.717) is 11.3 Å². The molecule has 1 unspecified atom stereocenters. The molecule has 0 saturated heterocycles. The lowest BCUT2D eigenvalue weighted by atomic mass is 10.0. The highest BCUT2D eigenvalue weighted by Crippen LogP contribution is 2.43. The Labute approximate surface area is 122 Å². The van der Waals surface area contributed by atoms with E-state index in [2.05, 4.69) is 40.8 Å². The quantitative estimate of drug-likeness (QED) is 0.924. The fraction of sp³-hybridized carbons (Fsp3) is 0.400.